The molecule has 0 atom stereocenters. The van der Waals surface area contributed by atoms with Crippen LogP contribution in [-0.4, -0.2) is 6.54 Å². The average Bonchev–Trinajstić information content (AvgIpc) is 2.46. The number of hydrogen-bond acceptors (Lipinski definition) is 1. The van der Waals surface area contributed by atoms with Crippen molar-refractivity contribution in [3.8, 4) is 0 Å². The highest BCUT2D eigenvalue weighted by Gasteiger charge is 1.96. The van der Waals surface area contributed by atoms with Gasteiger partial charge in [0, 0.05) is 0 Å². The van der Waals surface area contributed by atoms with Gasteiger partial charge in [-0.2, -0.15) is 0 Å². The topological polar surface area (TPSA) is 26.0 Å². The maximum absolute atomic E-state index is 5.57. The molecule has 0 aromatic heterocycles. The lowest BCUT2D eigenvalue weighted by Crippen LogP contribution is -2.00. The number of hydrogen-bond donors (Lipinski definition) is 1. The fraction of sp³-hybridized carbons (Fsp3) is 0.263. The predicted molar refractivity (Wildman–Crippen MR) is 88.7 cm³/mol. The average molecular weight is 265 g/mol. The van der Waals surface area contributed by atoms with Crippen LogP contribution in [0.4, 0.5) is 0 Å². The fourth-order valence-corrected chi connectivity index (χ4v) is 2.28. The molecule has 0 unspecified atom stereocenters. The Kier molecular flexibility index (Phi) is 5.14. The zero-order chi connectivity index (χ0) is 14.4. The predicted octanol–water partition coefficient (Wildman–Crippen LogP) is 4.37. The van der Waals surface area contributed by atoms with Crippen LogP contribution in [0.25, 0.3) is 12.2 Å². The molecule has 1 heteroatoms. The molecule has 104 valence electrons. The first-order chi connectivity index (χ1) is 9.69. The van der Waals surface area contributed by atoms with Crippen LogP contribution < -0.4 is 5.73 Å². The largest absolute Gasteiger partial charge is 0.330 e. The van der Waals surface area contributed by atoms with E-state index < -0.39 is 0 Å². The van der Waals surface area contributed by atoms with E-state index in [-0.39, 0.29) is 0 Å². The fourth-order valence-electron chi connectivity index (χ4n) is 2.28. The van der Waals surface area contributed by atoms with Gasteiger partial charge in [0.2, 0.25) is 0 Å². The van der Waals surface area contributed by atoms with Gasteiger partial charge in [-0.05, 0) is 55.5 Å². The molecule has 0 amide bonds. The quantitative estimate of drug-likeness (QED) is 0.798. The summed E-state index contributed by atoms with van der Waals surface area (Å²) < 4.78 is 0. The van der Waals surface area contributed by atoms with Crippen molar-refractivity contribution in [1.29, 1.82) is 0 Å². The van der Waals surface area contributed by atoms with Crippen molar-refractivity contribution >= 4 is 12.2 Å². The molecular formula is C19H23N. The van der Waals surface area contributed by atoms with Gasteiger partial charge in [-0.25, -0.2) is 0 Å². The van der Waals surface area contributed by atoms with Crippen molar-refractivity contribution in [1.82, 2.24) is 0 Å². The molecule has 2 N–H and O–H groups in total. The molecule has 0 aliphatic heterocycles. The van der Waals surface area contributed by atoms with Crippen LogP contribution >= 0.6 is 0 Å². The highest BCUT2D eigenvalue weighted by Crippen LogP contribution is 2.15. The Labute approximate surface area is 122 Å². The van der Waals surface area contributed by atoms with Gasteiger partial charge in [0.25, 0.3) is 0 Å². The first-order valence-corrected chi connectivity index (χ1v) is 7.23. The van der Waals surface area contributed by atoms with Gasteiger partial charge < -0.3 is 5.73 Å². The van der Waals surface area contributed by atoms with Gasteiger partial charge in [0.15, 0.2) is 0 Å². The summed E-state index contributed by atoms with van der Waals surface area (Å²) in [5, 5.41) is 0. The summed E-state index contributed by atoms with van der Waals surface area (Å²) in [6, 6.07) is 15.2. The summed E-state index contributed by atoms with van der Waals surface area (Å²) in [4.78, 5) is 0. The van der Waals surface area contributed by atoms with E-state index >= 15 is 0 Å². The van der Waals surface area contributed by atoms with Crippen molar-refractivity contribution < 1.29 is 0 Å². The summed E-state index contributed by atoms with van der Waals surface area (Å²) >= 11 is 0. The van der Waals surface area contributed by atoms with E-state index in [2.05, 4.69) is 68.5 Å². The second-order valence-corrected chi connectivity index (χ2v) is 5.33. The number of aryl methyl sites for hydroxylation is 3. The molecule has 0 fully saturated rings. The van der Waals surface area contributed by atoms with Crippen molar-refractivity contribution in [2.24, 2.45) is 5.73 Å². The Balaban J connectivity index is 2.16. The maximum Gasteiger partial charge on any atom is -0.00741 e. The highest BCUT2D eigenvalue weighted by molar-refractivity contribution is 5.71. The van der Waals surface area contributed by atoms with E-state index in [0.29, 0.717) is 0 Å². The first-order valence-electron chi connectivity index (χ1n) is 7.23. The van der Waals surface area contributed by atoms with Crippen molar-refractivity contribution in [2.45, 2.75) is 26.7 Å². The lowest BCUT2D eigenvalue weighted by molar-refractivity contribution is 0.832. The summed E-state index contributed by atoms with van der Waals surface area (Å²) in [5.41, 5.74) is 12.1. The third-order valence-corrected chi connectivity index (χ3v) is 3.51. The van der Waals surface area contributed by atoms with Crippen molar-refractivity contribution in [2.75, 3.05) is 6.54 Å². The number of nitrogens with two attached hydrogens (primary N) is 1. The van der Waals surface area contributed by atoms with Gasteiger partial charge in [0.1, 0.15) is 0 Å². The van der Waals surface area contributed by atoms with E-state index in [9.17, 15) is 0 Å². The van der Waals surface area contributed by atoms with Gasteiger partial charge >= 0.3 is 0 Å². The van der Waals surface area contributed by atoms with Crippen LogP contribution in [0, 0.1) is 13.8 Å². The summed E-state index contributed by atoms with van der Waals surface area (Å²) in [6.45, 7) is 5.03. The van der Waals surface area contributed by atoms with Crippen LogP contribution in [-0.2, 0) is 6.42 Å². The second kappa shape index (κ2) is 7.06. The van der Waals surface area contributed by atoms with Crippen LogP contribution in [0.2, 0.25) is 0 Å². The Morgan fingerprint density at radius 2 is 1.85 bits per heavy atom. The van der Waals surface area contributed by atoms with Crippen LogP contribution in [0.3, 0.4) is 0 Å². The van der Waals surface area contributed by atoms with Gasteiger partial charge in [0.05, 0.1) is 0 Å². The Morgan fingerprint density at radius 3 is 2.65 bits per heavy atom. The first kappa shape index (κ1) is 14.5. The molecular weight excluding hydrogens is 242 g/mol. The molecule has 20 heavy (non-hydrogen) atoms. The van der Waals surface area contributed by atoms with Crippen LogP contribution in [0.5, 0.6) is 0 Å². The van der Waals surface area contributed by atoms with E-state index in [4.69, 9.17) is 5.73 Å². The van der Waals surface area contributed by atoms with E-state index in [1.807, 2.05) is 0 Å². The minimum absolute atomic E-state index is 0.753. The monoisotopic (exact) mass is 265 g/mol. The molecule has 0 aliphatic carbocycles. The van der Waals surface area contributed by atoms with Gasteiger partial charge in [-0.1, -0.05) is 60.2 Å². The Morgan fingerprint density at radius 1 is 1.00 bits per heavy atom. The van der Waals surface area contributed by atoms with Crippen molar-refractivity contribution in [3.63, 3.8) is 0 Å². The van der Waals surface area contributed by atoms with Crippen LogP contribution in [0.15, 0.2) is 42.5 Å². The minimum atomic E-state index is 0.753. The molecule has 1 nitrogen and oxygen atoms in total. The molecule has 0 radical (unpaired) electrons. The van der Waals surface area contributed by atoms with E-state index in [1.165, 1.54) is 27.8 Å². The summed E-state index contributed by atoms with van der Waals surface area (Å²) in [5.74, 6) is 0. The zero-order valence-electron chi connectivity index (χ0n) is 12.4. The third-order valence-electron chi connectivity index (χ3n) is 3.51. The lowest BCUT2D eigenvalue weighted by Gasteiger charge is -2.03. The molecule has 2 rings (SSSR count). The smallest absolute Gasteiger partial charge is 0.00741 e. The molecule has 0 saturated carbocycles. The number of benzene rings is 2. The lowest BCUT2D eigenvalue weighted by atomic mass is 10.0. The Hall–Kier alpha value is -1.86. The van der Waals surface area contributed by atoms with Crippen molar-refractivity contribution in [3.05, 3.63) is 70.3 Å². The highest BCUT2D eigenvalue weighted by atomic mass is 14.5. The number of rotatable bonds is 5. The molecule has 2 aromatic carbocycles. The Bertz CT molecular complexity index is 596. The SMILES string of the molecule is Cc1ccc(C)c(/C=C/c2cccc(CCCN)c2)c1. The molecule has 2 aromatic rings. The summed E-state index contributed by atoms with van der Waals surface area (Å²) in [7, 11) is 0. The van der Waals surface area contributed by atoms with E-state index in [0.717, 1.165) is 19.4 Å². The second-order valence-electron chi connectivity index (χ2n) is 5.33. The van der Waals surface area contributed by atoms with Crippen LogP contribution in [0.1, 0.15) is 34.2 Å². The van der Waals surface area contributed by atoms with Gasteiger partial charge in [-0.3, -0.25) is 0 Å². The molecule has 0 saturated heterocycles. The standard InChI is InChI=1S/C19H23N/c1-15-8-9-16(2)19(13-15)11-10-18-6-3-5-17(14-18)7-4-12-20/h3,5-6,8-11,13-14H,4,7,12,20H2,1-2H3/b11-10+. The third kappa shape index (κ3) is 4.07. The zero-order valence-corrected chi connectivity index (χ0v) is 12.4. The summed E-state index contributed by atoms with van der Waals surface area (Å²) in [6.07, 6.45) is 6.49. The normalized spacial score (nSPS) is 11.2. The minimum Gasteiger partial charge on any atom is -0.330 e. The van der Waals surface area contributed by atoms with Gasteiger partial charge in [-0.15, -0.1) is 0 Å². The van der Waals surface area contributed by atoms with E-state index in [1.54, 1.807) is 0 Å². The maximum atomic E-state index is 5.57. The molecule has 0 aliphatic rings. The molecule has 0 bridgehead atoms. The molecule has 0 spiro atoms. The molecule has 0 heterocycles.